The van der Waals surface area contributed by atoms with Gasteiger partial charge in [-0.05, 0) is 28.1 Å². The Kier molecular flexibility index (Phi) is 5.61. The largest absolute Gasteiger partial charge is 0.318 e. The second-order valence-electron chi connectivity index (χ2n) is 7.36. The van der Waals surface area contributed by atoms with Crippen molar-refractivity contribution in [2.24, 2.45) is 22.5 Å². The van der Waals surface area contributed by atoms with E-state index in [1.54, 1.807) is 11.3 Å². The number of hydrogen-bond acceptors (Lipinski definition) is 4. The van der Waals surface area contributed by atoms with E-state index in [0.717, 1.165) is 20.9 Å². The Bertz CT molecular complexity index is 1580. The Morgan fingerprint density at radius 1 is 0.938 bits per heavy atom. The van der Waals surface area contributed by atoms with Crippen molar-refractivity contribution in [3.05, 3.63) is 89.2 Å². The van der Waals surface area contributed by atoms with Crippen LogP contribution in [0.5, 0.6) is 0 Å². The molecule has 0 aliphatic heterocycles. The van der Waals surface area contributed by atoms with Gasteiger partial charge in [0.25, 0.3) is 0 Å². The molecule has 0 amide bonds. The van der Waals surface area contributed by atoms with E-state index < -0.39 is 0 Å². The lowest BCUT2D eigenvalue weighted by Gasteiger charge is -2.08. The molecule has 0 atom stereocenters. The number of aromatic nitrogens is 1. The summed E-state index contributed by atoms with van der Waals surface area (Å²) >= 11 is 3.14. The van der Waals surface area contributed by atoms with Crippen molar-refractivity contribution in [2.45, 2.75) is 4.90 Å². The summed E-state index contributed by atoms with van der Waals surface area (Å²) in [5.41, 5.74) is 2.29. The third-order valence-corrected chi connectivity index (χ3v) is 7.58. The van der Waals surface area contributed by atoms with Crippen LogP contribution in [-0.4, -0.2) is 11.6 Å². The smallest absolute Gasteiger partial charge is 0.213 e. The zero-order valence-corrected chi connectivity index (χ0v) is 19.5. The van der Waals surface area contributed by atoms with E-state index in [1.807, 2.05) is 20.2 Å². The molecule has 5 nitrogen and oxygen atoms in total. The van der Waals surface area contributed by atoms with Crippen molar-refractivity contribution >= 4 is 60.5 Å². The third-order valence-electron chi connectivity index (χ3n) is 5.43. The predicted molar refractivity (Wildman–Crippen MR) is 135 cm³/mol. The molecule has 0 saturated carbocycles. The van der Waals surface area contributed by atoms with E-state index in [-0.39, 0.29) is 0 Å². The van der Waals surface area contributed by atoms with Crippen LogP contribution in [0.1, 0.15) is 0 Å². The van der Waals surface area contributed by atoms with Gasteiger partial charge in [-0.15, -0.1) is 10.2 Å². The van der Waals surface area contributed by atoms with Crippen LogP contribution in [0, 0.1) is 0 Å². The molecule has 0 aliphatic carbocycles. The fourth-order valence-electron chi connectivity index (χ4n) is 3.80. The summed E-state index contributed by atoms with van der Waals surface area (Å²) in [7, 11) is 4.05. The van der Waals surface area contributed by atoms with Gasteiger partial charge in [0.1, 0.15) is 10.7 Å². The maximum absolute atomic E-state index is 4.39. The molecule has 0 spiro atoms. The Morgan fingerprint density at radius 3 is 2.41 bits per heavy atom. The van der Waals surface area contributed by atoms with Gasteiger partial charge in [0.05, 0.1) is 22.2 Å². The number of nitrogens with two attached hydrogens (primary N) is 1. The topological polar surface area (TPSA) is 58.6 Å². The van der Waals surface area contributed by atoms with Crippen molar-refractivity contribution in [3.63, 3.8) is 0 Å². The highest BCUT2D eigenvalue weighted by atomic mass is 32.2. The van der Waals surface area contributed by atoms with E-state index in [1.165, 1.54) is 38.0 Å². The lowest BCUT2D eigenvalue weighted by atomic mass is 10.1. The zero-order chi connectivity index (χ0) is 22.1. The summed E-state index contributed by atoms with van der Waals surface area (Å²) in [5, 5.41) is 20.3. The highest BCUT2D eigenvalue weighted by molar-refractivity contribution is 8.03. The average molecular weight is 457 g/mol. The molecule has 0 bridgehead atoms. The standard InChI is InChI=1S/C25H21N5S2/c1-16(31-23-19-10-6-4-8-17(19)12-14-21(23)26-2)27-29-28-25-30(3)22-15-13-18-9-5-7-11-20(18)24(22)32-25/h4-15,26H,1H2,2-3H3/p+1. The SMILES string of the molecule is C=C(N=NN=c1sc2c3ccccc3ccc2n1C)Sc1c([NH2+]C)ccc2ccccc12. The van der Waals surface area contributed by atoms with Gasteiger partial charge in [-0.3, -0.25) is 0 Å². The van der Waals surface area contributed by atoms with Gasteiger partial charge in [-0.1, -0.05) is 84.3 Å². The molecule has 0 unspecified atom stereocenters. The minimum Gasteiger partial charge on any atom is -0.318 e. The predicted octanol–water partition coefficient (Wildman–Crippen LogP) is 5.90. The van der Waals surface area contributed by atoms with Gasteiger partial charge >= 0.3 is 0 Å². The minimum absolute atomic E-state index is 0.599. The lowest BCUT2D eigenvalue weighted by molar-refractivity contribution is -0.541. The van der Waals surface area contributed by atoms with Gasteiger partial charge in [0, 0.05) is 23.9 Å². The third kappa shape index (κ3) is 3.75. The van der Waals surface area contributed by atoms with Crippen LogP contribution in [0.2, 0.25) is 0 Å². The average Bonchev–Trinajstić information content (AvgIpc) is 3.15. The normalized spacial score (nSPS) is 12.5. The monoisotopic (exact) mass is 456 g/mol. The number of nitrogens with zero attached hydrogens (tertiary/aromatic N) is 4. The van der Waals surface area contributed by atoms with Crippen molar-refractivity contribution < 1.29 is 5.32 Å². The lowest BCUT2D eigenvalue weighted by Crippen LogP contribution is -2.72. The zero-order valence-electron chi connectivity index (χ0n) is 17.8. The fraction of sp³-hybridized carbons (Fsp3) is 0.0800. The van der Waals surface area contributed by atoms with Crippen molar-refractivity contribution in [3.8, 4) is 0 Å². The van der Waals surface area contributed by atoms with E-state index in [9.17, 15) is 0 Å². The molecule has 1 aromatic heterocycles. The first-order chi connectivity index (χ1) is 15.7. The summed E-state index contributed by atoms with van der Waals surface area (Å²) in [6.45, 7) is 4.09. The number of thiazole rings is 1. The molecule has 1 heterocycles. The molecule has 7 heteroatoms. The van der Waals surface area contributed by atoms with Crippen LogP contribution >= 0.6 is 23.1 Å². The second kappa shape index (κ2) is 8.70. The van der Waals surface area contributed by atoms with Gasteiger partial charge in [-0.2, -0.15) is 0 Å². The molecule has 5 rings (SSSR count). The van der Waals surface area contributed by atoms with Crippen LogP contribution in [0.3, 0.4) is 0 Å². The number of aryl methyl sites for hydroxylation is 1. The van der Waals surface area contributed by atoms with Crippen LogP contribution in [0.25, 0.3) is 31.8 Å². The highest BCUT2D eigenvalue weighted by Gasteiger charge is 2.12. The van der Waals surface area contributed by atoms with Gasteiger partial charge < -0.3 is 9.88 Å². The highest BCUT2D eigenvalue weighted by Crippen LogP contribution is 2.37. The summed E-state index contributed by atoms with van der Waals surface area (Å²) in [6.07, 6.45) is 0. The molecule has 0 radical (unpaired) electrons. The molecule has 0 aliphatic rings. The first kappa shape index (κ1) is 20.6. The number of hydrogen-bond donors (Lipinski definition) is 1. The Labute approximate surface area is 193 Å². The van der Waals surface area contributed by atoms with Crippen LogP contribution in [0.15, 0.2) is 105 Å². The van der Waals surface area contributed by atoms with Crippen LogP contribution in [0.4, 0.5) is 5.69 Å². The maximum Gasteiger partial charge on any atom is 0.213 e. The molecular formula is C25H22N5S2+. The van der Waals surface area contributed by atoms with Gasteiger partial charge in [-0.25, -0.2) is 0 Å². The van der Waals surface area contributed by atoms with E-state index in [0.29, 0.717) is 5.03 Å². The Hall–Kier alpha value is -3.26. The van der Waals surface area contributed by atoms with Crippen molar-refractivity contribution in [1.82, 2.24) is 4.57 Å². The second-order valence-corrected chi connectivity index (χ2v) is 9.42. The maximum atomic E-state index is 4.39. The summed E-state index contributed by atoms with van der Waals surface area (Å²) in [5.74, 6) is 0. The Morgan fingerprint density at radius 2 is 1.62 bits per heavy atom. The molecule has 0 fully saturated rings. The number of quaternary nitrogens is 1. The van der Waals surface area contributed by atoms with Gasteiger partial charge in [0.15, 0.2) is 0 Å². The van der Waals surface area contributed by atoms with Crippen molar-refractivity contribution in [2.75, 3.05) is 7.05 Å². The first-order valence-electron chi connectivity index (χ1n) is 10.3. The van der Waals surface area contributed by atoms with E-state index in [2.05, 4.69) is 98.6 Å². The molecule has 158 valence electrons. The summed E-state index contributed by atoms with van der Waals surface area (Å²) in [6, 6.07) is 25.3. The number of thioether (sulfide) groups is 1. The minimum atomic E-state index is 0.599. The molecule has 4 aromatic carbocycles. The summed E-state index contributed by atoms with van der Waals surface area (Å²) < 4.78 is 3.25. The number of fused-ring (bicyclic) bond motifs is 4. The van der Waals surface area contributed by atoms with Crippen LogP contribution in [-0.2, 0) is 7.05 Å². The molecule has 32 heavy (non-hydrogen) atoms. The molecule has 0 saturated heterocycles. The van der Waals surface area contributed by atoms with Crippen molar-refractivity contribution in [1.29, 1.82) is 0 Å². The first-order valence-corrected chi connectivity index (χ1v) is 11.9. The molecular weight excluding hydrogens is 434 g/mol. The fourth-order valence-corrected chi connectivity index (χ4v) is 5.82. The molecule has 2 N–H and O–H groups in total. The number of rotatable bonds is 5. The summed E-state index contributed by atoms with van der Waals surface area (Å²) in [4.78, 5) is 1.93. The van der Waals surface area contributed by atoms with E-state index in [4.69, 9.17) is 0 Å². The number of benzene rings is 4. The van der Waals surface area contributed by atoms with Crippen LogP contribution < -0.4 is 10.1 Å². The quantitative estimate of drug-likeness (QED) is 0.152. The Balaban J connectivity index is 1.46. The molecule has 5 aromatic rings. The van der Waals surface area contributed by atoms with Gasteiger partial charge in [0.2, 0.25) is 4.80 Å². The van der Waals surface area contributed by atoms with E-state index >= 15 is 0 Å².